The molecule has 3 heterocycles. The molecule has 0 saturated carbocycles. The van der Waals surface area contributed by atoms with Crippen molar-refractivity contribution in [2.45, 2.75) is 0 Å². The molecular formula is C17H10FN7. The van der Waals surface area contributed by atoms with Crippen LogP contribution in [0.2, 0.25) is 0 Å². The van der Waals surface area contributed by atoms with Crippen molar-refractivity contribution in [1.29, 1.82) is 0 Å². The van der Waals surface area contributed by atoms with Crippen molar-refractivity contribution < 1.29 is 4.39 Å². The lowest BCUT2D eigenvalue weighted by molar-refractivity contribution is 0.612. The molecule has 3 aromatic heterocycles. The first-order valence-electron chi connectivity index (χ1n) is 7.57. The molecule has 5 rings (SSSR count). The van der Waals surface area contributed by atoms with Gasteiger partial charge in [-0.1, -0.05) is 29.5 Å². The number of rotatable bonds is 2. The van der Waals surface area contributed by atoms with Gasteiger partial charge in [-0.3, -0.25) is 0 Å². The van der Waals surface area contributed by atoms with Crippen LogP contribution in [0.25, 0.3) is 33.6 Å². The zero-order valence-corrected chi connectivity index (χ0v) is 12.8. The molecule has 0 spiro atoms. The molecular weight excluding hydrogens is 321 g/mol. The number of halogens is 1. The Bertz CT molecular complexity index is 1220. The molecule has 0 unspecified atom stereocenters. The van der Waals surface area contributed by atoms with E-state index in [1.54, 1.807) is 29.1 Å². The van der Waals surface area contributed by atoms with Gasteiger partial charge in [0.2, 0.25) is 0 Å². The van der Waals surface area contributed by atoms with E-state index in [4.69, 9.17) is 0 Å². The molecule has 7 nitrogen and oxygen atoms in total. The fourth-order valence-electron chi connectivity index (χ4n) is 2.83. The number of aromatic nitrogens is 7. The van der Waals surface area contributed by atoms with Crippen LogP contribution in [-0.2, 0) is 0 Å². The van der Waals surface area contributed by atoms with Gasteiger partial charge in [0.1, 0.15) is 23.3 Å². The molecule has 0 aliphatic heterocycles. The van der Waals surface area contributed by atoms with Gasteiger partial charge in [0, 0.05) is 0 Å². The Kier molecular flexibility index (Phi) is 2.84. The average molecular weight is 331 g/mol. The minimum absolute atomic E-state index is 0.325. The highest BCUT2D eigenvalue weighted by Crippen LogP contribution is 2.23. The molecule has 120 valence electrons. The highest BCUT2D eigenvalue weighted by Gasteiger charge is 2.16. The summed E-state index contributed by atoms with van der Waals surface area (Å²) in [5.74, 6) is 0.167. The van der Waals surface area contributed by atoms with E-state index in [1.807, 2.05) is 24.3 Å². The number of hydrogen-bond donors (Lipinski definition) is 0. The second-order valence-corrected chi connectivity index (χ2v) is 5.43. The number of hydrogen-bond acceptors (Lipinski definition) is 5. The van der Waals surface area contributed by atoms with Gasteiger partial charge in [-0.15, -0.1) is 5.10 Å². The van der Waals surface area contributed by atoms with Crippen molar-refractivity contribution in [3.05, 3.63) is 66.9 Å². The molecule has 0 atom stereocenters. The molecule has 0 aliphatic carbocycles. The molecule has 0 fully saturated rings. The summed E-state index contributed by atoms with van der Waals surface area (Å²) in [6.45, 7) is 0. The standard InChI is InChI=1S/C17H10FN7/c18-12-5-1-3-7-14(12)24-16-11(9-21-24)17(20-10-19-16)25-15-8-4-2-6-13(15)22-23-25/h1-10H. The maximum atomic E-state index is 14.1. The first-order chi connectivity index (χ1) is 12.3. The summed E-state index contributed by atoms with van der Waals surface area (Å²) in [5.41, 5.74) is 2.40. The van der Waals surface area contributed by atoms with E-state index >= 15 is 0 Å². The predicted octanol–water partition coefficient (Wildman–Crippen LogP) is 2.69. The third-order valence-corrected chi connectivity index (χ3v) is 3.98. The summed E-state index contributed by atoms with van der Waals surface area (Å²) in [6, 6.07) is 14.0. The van der Waals surface area contributed by atoms with E-state index in [1.165, 1.54) is 17.1 Å². The maximum absolute atomic E-state index is 14.1. The van der Waals surface area contributed by atoms with Gasteiger partial charge < -0.3 is 0 Å². The van der Waals surface area contributed by atoms with E-state index in [2.05, 4.69) is 25.4 Å². The number of benzene rings is 2. The number of para-hydroxylation sites is 2. The minimum Gasteiger partial charge on any atom is -0.216 e. The number of fused-ring (bicyclic) bond motifs is 2. The fraction of sp³-hybridized carbons (Fsp3) is 0. The molecule has 0 saturated heterocycles. The first-order valence-corrected chi connectivity index (χ1v) is 7.57. The van der Waals surface area contributed by atoms with Crippen molar-refractivity contribution in [1.82, 2.24) is 34.7 Å². The quantitative estimate of drug-likeness (QED) is 0.497. The van der Waals surface area contributed by atoms with E-state index < -0.39 is 0 Å². The van der Waals surface area contributed by atoms with Crippen LogP contribution in [0.3, 0.4) is 0 Å². The van der Waals surface area contributed by atoms with Gasteiger partial charge in [-0.2, -0.15) is 9.78 Å². The van der Waals surface area contributed by atoms with Crippen LogP contribution in [0.5, 0.6) is 0 Å². The highest BCUT2D eigenvalue weighted by atomic mass is 19.1. The summed E-state index contributed by atoms with van der Waals surface area (Å²) in [5, 5.41) is 13.3. The smallest absolute Gasteiger partial charge is 0.170 e. The highest BCUT2D eigenvalue weighted by molar-refractivity contribution is 5.86. The van der Waals surface area contributed by atoms with E-state index in [0.29, 0.717) is 22.5 Å². The van der Waals surface area contributed by atoms with Crippen LogP contribution in [0.1, 0.15) is 0 Å². The average Bonchev–Trinajstić information content (AvgIpc) is 3.26. The van der Waals surface area contributed by atoms with Gasteiger partial charge in [0.05, 0.1) is 17.1 Å². The van der Waals surface area contributed by atoms with Crippen molar-refractivity contribution in [3.63, 3.8) is 0 Å². The lowest BCUT2D eigenvalue weighted by Gasteiger charge is -2.05. The third kappa shape index (κ3) is 2.01. The van der Waals surface area contributed by atoms with Crippen LogP contribution in [0.4, 0.5) is 4.39 Å². The normalized spacial score (nSPS) is 11.4. The van der Waals surface area contributed by atoms with Gasteiger partial charge >= 0.3 is 0 Å². The Labute approximate surface area is 140 Å². The van der Waals surface area contributed by atoms with Crippen LogP contribution < -0.4 is 0 Å². The Hall–Kier alpha value is -3.68. The fourth-order valence-corrected chi connectivity index (χ4v) is 2.83. The van der Waals surface area contributed by atoms with Crippen LogP contribution in [0, 0.1) is 5.82 Å². The van der Waals surface area contributed by atoms with Crippen molar-refractivity contribution in [2.24, 2.45) is 0 Å². The second-order valence-electron chi connectivity index (χ2n) is 5.43. The Morgan fingerprint density at radius 2 is 1.72 bits per heavy atom. The molecule has 0 amide bonds. The van der Waals surface area contributed by atoms with Crippen LogP contribution in [0.15, 0.2) is 61.1 Å². The molecule has 0 bridgehead atoms. The second kappa shape index (κ2) is 5.17. The zero-order valence-electron chi connectivity index (χ0n) is 12.8. The topological polar surface area (TPSA) is 74.3 Å². The molecule has 0 aliphatic rings. The van der Waals surface area contributed by atoms with Gasteiger partial charge in [0.15, 0.2) is 11.5 Å². The van der Waals surface area contributed by atoms with E-state index in [-0.39, 0.29) is 5.82 Å². The summed E-state index contributed by atoms with van der Waals surface area (Å²) < 4.78 is 17.2. The molecule has 5 aromatic rings. The lowest BCUT2D eigenvalue weighted by Crippen LogP contribution is -2.03. The van der Waals surface area contributed by atoms with Crippen molar-refractivity contribution in [2.75, 3.05) is 0 Å². The van der Waals surface area contributed by atoms with E-state index in [0.717, 1.165) is 11.0 Å². The zero-order chi connectivity index (χ0) is 16.8. The first kappa shape index (κ1) is 13.7. The van der Waals surface area contributed by atoms with Gasteiger partial charge in [0.25, 0.3) is 0 Å². The minimum atomic E-state index is -0.376. The van der Waals surface area contributed by atoms with Crippen LogP contribution >= 0.6 is 0 Å². The van der Waals surface area contributed by atoms with Crippen molar-refractivity contribution in [3.8, 4) is 11.5 Å². The largest absolute Gasteiger partial charge is 0.216 e. The number of nitrogens with zero attached hydrogens (tertiary/aromatic N) is 7. The molecule has 0 radical (unpaired) electrons. The Morgan fingerprint density at radius 3 is 2.64 bits per heavy atom. The SMILES string of the molecule is Fc1ccccc1-n1ncc2c(-n3nnc4ccccc43)ncnc21. The summed E-state index contributed by atoms with van der Waals surface area (Å²) in [6.07, 6.45) is 3.01. The van der Waals surface area contributed by atoms with Gasteiger partial charge in [-0.25, -0.2) is 19.0 Å². The molecule has 8 heteroatoms. The summed E-state index contributed by atoms with van der Waals surface area (Å²) in [7, 11) is 0. The molecule has 25 heavy (non-hydrogen) atoms. The van der Waals surface area contributed by atoms with Crippen LogP contribution in [-0.4, -0.2) is 34.7 Å². The Balaban J connectivity index is 1.78. The van der Waals surface area contributed by atoms with Gasteiger partial charge in [-0.05, 0) is 24.3 Å². The maximum Gasteiger partial charge on any atom is 0.170 e. The van der Waals surface area contributed by atoms with Crippen molar-refractivity contribution >= 4 is 22.1 Å². The predicted molar refractivity (Wildman–Crippen MR) is 89.0 cm³/mol. The Morgan fingerprint density at radius 1 is 0.880 bits per heavy atom. The van der Waals surface area contributed by atoms with E-state index in [9.17, 15) is 4.39 Å². The summed E-state index contributed by atoms with van der Waals surface area (Å²) >= 11 is 0. The third-order valence-electron chi connectivity index (χ3n) is 3.98. The molecule has 0 N–H and O–H groups in total. The monoisotopic (exact) mass is 331 g/mol. The lowest BCUT2D eigenvalue weighted by atomic mass is 10.3. The summed E-state index contributed by atoms with van der Waals surface area (Å²) in [4.78, 5) is 8.60. The molecule has 2 aromatic carbocycles.